The number of carboxylic acid groups (broad SMARTS) is 1. The molecule has 2 fully saturated rings. The lowest BCUT2D eigenvalue weighted by Crippen LogP contribution is -2.41. The lowest BCUT2D eigenvalue weighted by atomic mass is 10.2. The van der Waals surface area contributed by atoms with Crippen molar-refractivity contribution in [1.29, 1.82) is 0 Å². The Labute approximate surface area is 122 Å². The Morgan fingerprint density at radius 3 is 2.75 bits per heavy atom. The molecule has 0 radical (unpaired) electrons. The number of amides is 1. The second-order valence-corrected chi connectivity index (χ2v) is 6.37. The van der Waals surface area contributed by atoms with Gasteiger partial charge in [0.2, 0.25) is 5.91 Å². The molecular formula is C13H21NO5S. The highest BCUT2D eigenvalue weighted by molar-refractivity contribution is 7.99. The Balaban J connectivity index is 1.70. The number of hydrogen-bond acceptors (Lipinski definition) is 5. The highest BCUT2D eigenvalue weighted by Crippen LogP contribution is 2.39. The first-order chi connectivity index (χ1) is 9.51. The molecule has 0 aromatic carbocycles. The van der Waals surface area contributed by atoms with Crippen LogP contribution in [0, 0.1) is 0 Å². The number of thioether (sulfide) groups is 1. The Bertz CT molecular complexity index is 370. The van der Waals surface area contributed by atoms with Crippen molar-refractivity contribution in [3.8, 4) is 0 Å². The van der Waals surface area contributed by atoms with Crippen LogP contribution in [0.4, 0.5) is 0 Å². The zero-order valence-corrected chi connectivity index (χ0v) is 12.4. The number of aliphatic carboxylic acids is 1. The minimum absolute atomic E-state index is 0.0184. The first-order valence-electron chi connectivity index (χ1n) is 6.90. The van der Waals surface area contributed by atoms with E-state index in [0.29, 0.717) is 18.1 Å². The number of nitrogens with one attached hydrogen (secondary N) is 1. The highest BCUT2D eigenvalue weighted by atomic mass is 32.2. The van der Waals surface area contributed by atoms with E-state index in [0.717, 1.165) is 25.7 Å². The summed E-state index contributed by atoms with van der Waals surface area (Å²) in [5.41, 5.74) is 0. The van der Waals surface area contributed by atoms with E-state index in [1.165, 1.54) is 18.7 Å². The maximum absolute atomic E-state index is 11.0. The maximum atomic E-state index is 11.0. The van der Waals surface area contributed by atoms with Gasteiger partial charge in [0.1, 0.15) is 6.04 Å². The van der Waals surface area contributed by atoms with Crippen LogP contribution in [-0.4, -0.2) is 53.0 Å². The fraction of sp³-hybridized carbons (Fsp3) is 0.846. The number of carbonyl (C=O) groups is 2. The van der Waals surface area contributed by atoms with E-state index < -0.39 is 12.0 Å². The van der Waals surface area contributed by atoms with E-state index in [-0.39, 0.29) is 17.8 Å². The van der Waals surface area contributed by atoms with Crippen molar-refractivity contribution in [3.05, 3.63) is 0 Å². The average Bonchev–Trinajstić information content (AvgIpc) is 2.99. The SMILES string of the molecule is CC(=O)N[C@@H](CSCC1COC2(CCCC2)O1)C(=O)O. The van der Waals surface area contributed by atoms with E-state index in [4.69, 9.17) is 14.6 Å². The van der Waals surface area contributed by atoms with Gasteiger partial charge < -0.3 is 19.9 Å². The molecule has 1 saturated carbocycles. The number of rotatable bonds is 6. The summed E-state index contributed by atoms with van der Waals surface area (Å²) in [4.78, 5) is 21.9. The van der Waals surface area contributed by atoms with E-state index in [2.05, 4.69) is 5.32 Å². The first kappa shape index (κ1) is 15.6. The second kappa shape index (κ2) is 6.78. The number of carboxylic acids is 1. The minimum atomic E-state index is -1.01. The van der Waals surface area contributed by atoms with Crippen molar-refractivity contribution in [2.24, 2.45) is 0 Å². The van der Waals surface area contributed by atoms with Gasteiger partial charge in [0.15, 0.2) is 5.79 Å². The Kier molecular flexibility index (Phi) is 5.29. The number of ether oxygens (including phenoxy) is 2. The van der Waals surface area contributed by atoms with Crippen molar-refractivity contribution >= 4 is 23.6 Å². The standard InChI is InChI=1S/C13H21NO5S/c1-9(15)14-11(12(16)17)8-20-7-10-6-18-13(19-10)4-2-3-5-13/h10-11H,2-8H2,1H3,(H,14,15)(H,16,17)/t10?,11-/m0/s1. The molecule has 1 aliphatic carbocycles. The van der Waals surface area contributed by atoms with Crippen LogP contribution >= 0.6 is 11.8 Å². The van der Waals surface area contributed by atoms with Gasteiger partial charge >= 0.3 is 5.97 Å². The van der Waals surface area contributed by atoms with Gasteiger partial charge in [-0.15, -0.1) is 0 Å². The normalized spacial score (nSPS) is 25.8. The van der Waals surface area contributed by atoms with Crippen LogP contribution in [0.5, 0.6) is 0 Å². The van der Waals surface area contributed by atoms with Gasteiger partial charge in [0, 0.05) is 31.3 Å². The van der Waals surface area contributed by atoms with Crippen LogP contribution in [0.1, 0.15) is 32.6 Å². The van der Waals surface area contributed by atoms with Crippen molar-refractivity contribution in [2.45, 2.75) is 50.5 Å². The highest BCUT2D eigenvalue weighted by Gasteiger charge is 2.43. The zero-order valence-electron chi connectivity index (χ0n) is 11.6. The van der Waals surface area contributed by atoms with Gasteiger partial charge in [-0.3, -0.25) is 4.79 Å². The maximum Gasteiger partial charge on any atom is 0.327 e. The molecular weight excluding hydrogens is 282 g/mol. The number of hydrogen-bond donors (Lipinski definition) is 2. The van der Waals surface area contributed by atoms with Crippen LogP contribution in [-0.2, 0) is 19.1 Å². The van der Waals surface area contributed by atoms with E-state index in [9.17, 15) is 9.59 Å². The lowest BCUT2D eigenvalue weighted by Gasteiger charge is -2.22. The molecule has 1 heterocycles. The third-order valence-electron chi connectivity index (χ3n) is 3.54. The molecule has 0 aromatic heterocycles. The molecule has 1 amide bonds. The van der Waals surface area contributed by atoms with Crippen LogP contribution in [0.2, 0.25) is 0 Å². The summed E-state index contributed by atoms with van der Waals surface area (Å²) in [6, 6.07) is -0.847. The summed E-state index contributed by atoms with van der Waals surface area (Å²) >= 11 is 1.47. The molecule has 6 nitrogen and oxygen atoms in total. The molecule has 2 aliphatic rings. The van der Waals surface area contributed by atoms with Gasteiger partial charge in [0.05, 0.1) is 12.7 Å². The van der Waals surface area contributed by atoms with Crippen LogP contribution < -0.4 is 5.32 Å². The third kappa shape index (κ3) is 4.10. The smallest absolute Gasteiger partial charge is 0.327 e. The van der Waals surface area contributed by atoms with Gasteiger partial charge in [-0.25, -0.2) is 4.79 Å². The monoisotopic (exact) mass is 303 g/mol. The quantitative estimate of drug-likeness (QED) is 0.761. The Morgan fingerprint density at radius 2 is 2.15 bits per heavy atom. The molecule has 2 N–H and O–H groups in total. The van der Waals surface area contributed by atoms with Crippen LogP contribution in [0.15, 0.2) is 0 Å². The molecule has 1 unspecified atom stereocenters. The molecule has 1 aliphatic heterocycles. The van der Waals surface area contributed by atoms with Gasteiger partial charge in [-0.1, -0.05) is 0 Å². The minimum Gasteiger partial charge on any atom is -0.480 e. The van der Waals surface area contributed by atoms with Crippen molar-refractivity contribution in [2.75, 3.05) is 18.1 Å². The van der Waals surface area contributed by atoms with E-state index >= 15 is 0 Å². The van der Waals surface area contributed by atoms with Crippen LogP contribution in [0.25, 0.3) is 0 Å². The molecule has 7 heteroatoms. The molecule has 0 aromatic rings. The average molecular weight is 303 g/mol. The van der Waals surface area contributed by atoms with Crippen molar-refractivity contribution in [1.82, 2.24) is 5.32 Å². The predicted molar refractivity (Wildman–Crippen MR) is 74.6 cm³/mol. The van der Waals surface area contributed by atoms with Crippen LogP contribution in [0.3, 0.4) is 0 Å². The summed E-state index contributed by atoms with van der Waals surface area (Å²) in [7, 11) is 0. The summed E-state index contributed by atoms with van der Waals surface area (Å²) in [6.45, 7) is 1.89. The lowest BCUT2D eigenvalue weighted by molar-refractivity contribution is -0.159. The van der Waals surface area contributed by atoms with E-state index in [1.54, 1.807) is 0 Å². The first-order valence-corrected chi connectivity index (χ1v) is 8.06. The molecule has 0 bridgehead atoms. The zero-order chi connectivity index (χ0) is 14.6. The molecule has 2 atom stereocenters. The summed E-state index contributed by atoms with van der Waals surface area (Å²) < 4.78 is 11.7. The Morgan fingerprint density at radius 1 is 1.45 bits per heavy atom. The summed E-state index contributed by atoms with van der Waals surface area (Å²) in [5, 5.41) is 11.4. The fourth-order valence-corrected chi connectivity index (χ4v) is 3.64. The second-order valence-electron chi connectivity index (χ2n) is 5.30. The fourth-order valence-electron chi connectivity index (χ4n) is 2.61. The number of carbonyl (C=O) groups excluding carboxylic acids is 1. The molecule has 1 saturated heterocycles. The van der Waals surface area contributed by atoms with Crippen molar-refractivity contribution in [3.63, 3.8) is 0 Å². The van der Waals surface area contributed by atoms with Gasteiger partial charge in [-0.2, -0.15) is 11.8 Å². The molecule has 1 spiro atoms. The third-order valence-corrected chi connectivity index (χ3v) is 4.72. The van der Waals surface area contributed by atoms with E-state index in [1.807, 2.05) is 0 Å². The molecule has 114 valence electrons. The largest absolute Gasteiger partial charge is 0.480 e. The summed E-state index contributed by atoms with van der Waals surface area (Å²) in [6.07, 6.45) is 4.22. The molecule has 2 rings (SSSR count). The molecule has 20 heavy (non-hydrogen) atoms. The summed E-state index contributed by atoms with van der Waals surface area (Å²) in [5.74, 6) is -0.686. The van der Waals surface area contributed by atoms with Gasteiger partial charge in [-0.05, 0) is 12.8 Å². The topological polar surface area (TPSA) is 84.9 Å². The van der Waals surface area contributed by atoms with Crippen molar-refractivity contribution < 1.29 is 24.2 Å². The van der Waals surface area contributed by atoms with Gasteiger partial charge in [0.25, 0.3) is 0 Å². The Hall–Kier alpha value is -0.790. The predicted octanol–water partition coefficient (Wildman–Crippen LogP) is 0.995.